The summed E-state index contributed by atoms with van der Waals surface area (Å²) in [6, 6.07) is 8.48. The van der Waals surface area contributed by atoms with E-state index >= 15 is 0 Å². The number of fused-ring (bicyclic) bond motifs is 2. The lowest BCUT2D eigenvalue weighted by atomic mass is 9.72. The number of rotatable bonds is 2. The SMILES string of the molecule is NC1C2CCOC2C1Nc1nccc2c(Br)cccc12. The van der Waals surface area contributed by atoms with Gasteiger partial charge in [0.05, 0.1) is 12.1 Å². The third-order valence-corrected chi connectivity index (χ3v) is 5.19. The molecule has 4 nitrogen and oxygen atoms in total. The van der Waals surface area contributed by atoms with Crippen LogP contribution in [0.5, 0.6) is 0 Å². The van der Waals surface area contributed by atoms with Gasteiger partial charge in [0.1, 0.15) is 5.82 Å². The molecule has 0 radical (unpaired) electrons. The topological polar surface area (TPSA) is 60.2 Å². The van der Waals surface area contributed by atoms with Gasteiger partial charge in [-0.25, -0.2) is 4.98 Å². The predicted molar refractivity (Wildman–Crippen MR) is 82.7 cm³/mol. The molecule has 3 N–H and O–H groups in total. The molecule has 20 heavy (non-hydrogen) atoms. The van der Waals surface area contributed by atoms with Crippen molar-refractivity contribution in [2.75, 3.05) is 11.9 Å². The number of hydrogen-bond acceptors (Lipinski definition) is 4. The van der Waals surface area contributed by atoms with Crippen molar-refractivity contribution in [3.8, 4) is 0 Å². The normalized spacial score (nSPS) is 31.9. The lowest BCUT2D eigenvalue weighted by molar-refractivity contribution is 0.00529. The number of hydrogen-bond donors (Lipinski definition) is 2. The molecule has 4 atom stereocenters. The molecule has 2 aliphatic rings. The van der Waals surface area contributed by atoms with Crippen LogP contribution in [-0.2, 0) is 4.74 Å². The van der Waals surface area contributed by atoms with Gasteiger partial charge in [-0.05, 0) is 18.6 Å². The Morgan fingerprint density at radius 1 is 1.30 bits per heavy atom. The minimum absolute atomic E-state index is 0.159. The van der Waals surface area contributed by atoms with Crippen molar-refractivity contribution in [2.24, 2.45) is 11.7 Å². The van der Waals surface area contributed by atoms with Gasteiger partial charge in [-0.3, -0.25) is 0 Å². The van der Waals surface area contributed by atoms with Crippen molar-refractivity contribution in [1.82, 2.24) is 4.98 Å². The van der Waals surface area contributed by atoms with Gasteiger partial charge >= 0.3 is 0 Å². The van der Waals surface area contributed by atoms with Crippen LogP contribution in [0.2, 0.25) is 0 Å². The van der Waals surface area contributed by atoms with Gasteiger partial charge < -0.3 is 15.8 Å². The van der Waals surface area contributed by atoms with Crippen LogP contribution in [0.25, 0.3) is 10.8 Å². The Morgan fingerprint density at radius 2 is 2.20 bits per heavy atom. The second kappa shape index (κ2) is 4.69. The fourth-order valence-electron chi connectivity index (χ4n) is 3.37. The monoisotopic (exact) mass is 333 g/mol. The number of pyridine rings is 1. The first-order valence-electron chi connectivity index (χ1n) is 6.92. The average Bonchev–Trinajstić information content (AvgIpc) is 2.90. The van der Waals surface area contributed by atoms with E-state index in [2.05, 4.69) is 32.3 Å². The molecule has 4 rings (SSSR count). The number of aromatic nitrogens is 1. The number of nitrogens with two attached hydrogens (primary N) is 1. The van der Waals surface area contributed by atoms with Gasteiger partial charge in [-0.2, -0.15) is 0 Å². The first-order valence-corrected chi connectivity index (χ1v) is 7.72. The summed E-state index contributed by atoms with van der Waals surface area (Å²) in [5, 5.41) is 5.75. The minimum Gasteiger partial charge on any atom is -0.376 e. The van der Waals surface area contributed by atoms with Crippen molar-refractivity contribution < 1.29 is 4.74 Å². The molecule has 0 spiro atoms. The van der Waals surface area contributed by atoms with Crippen LogP contribution in [0, 0.1) is 5.92 Å². The summed E-state index contributed by atoms with van der Waals surface area (Å²) in [6.45, 7) is 0.829. The molecule has 2 heterocycles. The summed E-state index contributed by atoms with van der Waals surface area (Å²) < 4.78 is 6.84. The highest BCUT2D eigenvalue weighted by molar-refractivity contribution is 9.10. The molecule has 1 aromatic heterocycles. The fourth-order valence-corrected chi connectivity index (χ4v) is 3.87. The van der Waals surface area contributed by atoms with E-state index in [1.165, 1.54) is 0 Å². The van der Waals surface area contributed by atoms with E-state index in [4.69, 9.17) is 10.5 Å². The predicted octanol–water partition coefficient (Wildman–Crippen LogP) is 2.52. The lowest BCUT2D eigenvalue weighted by Gasteiger charge is -2.46. The largest absolute Gasteiger partial charge is 0.376 e. The van der Waals surface area contributed by atoms with Crippen molar-refractivity contribution in [1.29, 1.82) is 0 Å². The van der Waals surface area contributed by atoms with E-state index in [1.54, 1.807) is 0 Å². The zero-order valence-corrected chi connectivity index (χ0v) is 12.5. The maximum absolute atomic E-state index is 6.25. The lowest BCUT2D eigenvalue weighted by Crippen LogP contribution is -2.65. The number of halogens is 1. The molecular weight excluding hydrogens is 318 g/mol. The summed E-state index contributed by atoms with van der Waals surface area (Å²) in [5.74, 6) is 1.40. The van der Waals surface area contributed by atoms with Crippen molar-refractivity contribution in [3.63, 3.8) is 0 Å². The number of anilines is 1. The molecule has 1 aliphatic heterocycles. The van der Waals surface area contributed by atoms with Crippen LogP contribution >= 0.6 is 15.9 Å². The molecule has 1 saturated heterocycles. The number of benzene rings is 1. The van der Waals surface area contributed by atoms with Crippen molar-refractivity contribution in [3.05, 3.63) is 34.9 Å². The van der Waals surface area contributed by atoms with Crippen LogP contribution in [0.4, 0.5) is 5.82 Å². The zero-order valence-electron chi connectivity index (χ0n) is 10.9. The van der Waals surface area contributed by atoms with E-state index in [1.807, 2.05) is 24.4 Å². The summed E-state index contributed by atoms with van der Waals surface area (Å²) in [6.07, 6.45) is 3.15. The highest BCUT2D eigenvalue weighted by Gasteiger charge is 2.52. The maximum atomic E-state index is 6.25. The van der Waals surface area contributed by atoms with Crippen molar-refractivity contribution in [2.45, 2.75) is 24.6 Å². The van der Waals surface area contributed by atoms with Crippen LogP contribution in [0.3, 0.4) is 0 Å². The molecule has 4 unspecified atom stereocenters. The quantitative estimate of drug-likeness (QED) is 0.886. The smallest absolute Gasteiger partial charge is 0.134 e. The average molecular weight is 334 g/mol. The Balaban J connectivity index is 1.68. The highest BCUT2D eigenvalue weighted by atomic mass is 79.9. The Bertz CT molecular complexity index is 663. The second-order valence-electron chi connectivity index (χ2n) is 5.53. The van der Waals surface area contributed by atoms with Gasteiger partial charge in [-0.15, -0.1) is 0 Å². The summed E-state index contributed by atoms with van der Waals surface area (Å²) in [4.78, 5) is 4.48. The molecule has 1 aliphatic carbocycles. The Labute approximate surface area is 125 Å². The van der Waals surface area contributed by atoms with Crippen LogP contribution < -0.4 is 11.1 Å². The summed E-state index contributed by atoms with van der Waals surface area (Å²) >= 11 is 3.58. The molecular formula is C15H16BrN3O. The molecule has 104 valence electrons. The Morgan fingerprint density at radius 3 is 3.10 bits per heavy atom. The Kier molecular flexibility index (Phi) is 2.94. The number of nitrogens with one attached hydrogen (secondary N) is 1. The van der Waals surface area contributed by atoms with E-state index in [9.17, 15) is 0 Å². The first kappa shape index (κ1) is 12.6. The maximum Gasteiger partial charge on any atom is 0.134 e. The third-order valence-electron chi connectivity index (χ3n) is 4.50. The molecule has 1 aromatic carbocycles. The van der Waals surface area contributed by atoms with Crippen molar-refractivity contribution >= 4 is 32.5 Å². The van der Waals surface area contributed by atoms with Gasteiger partial charge in [0.25, 0.3) is 0 Å². The van der Waals surface area contributed by atoms with E-state index < -0.39 is 0 Å². The van der Waals surface area contributed by atoms with Gasteiger partial charge in [0, 0.05) is 40.0 Å². The fraction of sp³-hybridized carbons (Fsp3) is 0.400. The third kappa shape index (κ3) is 1.77. The molecule has 2 aromatic rings. The number of ether oxygens (including phenoxy) is 1. The minimum atomic E-state index is 0.159. The highest BCUT2D eigenvalue weighted by Crippen LogP contribution is 2.40. The summed E-state index contributed by atoms with van der Waals surface area (Å²) in [5.41, 5.74) is 6.25. The standard InChI is InChI=1S/C15H16BrN3O/c16-11-3-1-2-9-8(11)4-6-18-15(9)19-13-12(17)10-5-7-20-14(10)13/h1-4,6,10,12-14H,5,7,17H2,(H,18,19). The molecule has 0 amide bonds. The molecule has 5 heteroatoms. The van der Waals surface area contributed by atoms with Gasteiger partial charge in [-0.1, -0.05) is 28.1 Å². The molecule has 2 fully saturated rings. The Hall–Kier alpha value is -1.17. The van der Waals surface area contributed by atoms with E-state index in [-0.39, 0.29) is 18.2 Å². The van der Waals surface area contributed by atoms with E-state index in [0.717, 1.165) is 34.1 Å². The zero-order chi connectivity index (χ0) is 13.7. The summed E-state index contributed by atoms with van der Waals surface area (Å²) in [7, 11) is 0. The van der Waals surface area contributed by atoms with Crippen LogP contribution in [0.15, 0.2) is 34.9 Å². The second-order valence-corrected chi connectivity index (χ2v) is 6.38. The molecule has 0 bridgehead atoms. The van der Waals surface area contributed by atoms with Crippen LogP contribution in [0.1, 0.15) is 6.42 Å². The molecule has 1 saturated carbocycles. The number of nitrogens with zero attached hydrogens (tertiary/aromatic N) is 1. The van der Waals surface area contributed by atoms with E-state index in [0.29, 0.717) is 5.92 Å². The van der Waals surface area contributed by atoms with Crippen LogP contribution in [-0.4, -0.2) is 29.8 Å². The first-order chi connectivity index (χ1) is 9.75. The van der Waals surface area contributed by atoms with Gasteiger partial charge in [0.2, 0.25) is 0 Å². The van der Waals surface area contributed by atoms with Gasteiger partial charge in [0.15, 0.2) is 0 Å².